The molecule has 11 heteroatoms. The first-order valence-corrected chi connectivity index (χ1v) is 13.9. The number of furan rings is 1. The second-order valence-electron chi connectivity index (χ2n) is 8.24. The first kappa shape index (κ1) is 25.5. The molecule has 1 aliphatic rings. The van der Waals surface area contributed by atoms with Gasteiger partial charge in [0.25, 0.3) is 5.91 Å². The highest BCUT2D eigenvalue weighted by Crippen LogP contribution is 2.36. The van der Waals surface area contributed by atoms with Crippen molar-refractivity contribution in [2.75, 3.05) is 49.0 Å². The van der Waals surface area contributed by atoms with Crippen LogP contribution in [-0.4, -0.2) is 68.9 Å². The summed E-state index contributed by atoms with van der Waals surface area (Å²) >= 11 is 1.94. The Balaban J connectivity index is 1.73. The molecule has 0 atom stereocenters. The normalized spacial score (nSPS) is 14.5. The summed E-state index contributed by atoms with van der Waals surface area (Å²) in [6, 6.07) is 7.41. The van der Waals surface area contributed by atoms with Gasteiger partial charge in [-0.05, 0) is 55.3 Å². The molecular formula is C24H29FN4O4S2. The quantitative estimate of drug-likeness (QED) is 0.418. The van der Waals surface area contributed by atoms with Crippen LogP contribution in [0, 0.1) is 5.82 Å². The number of carbonyl (C=O) groups excluding carboxylic acids is 1. The maximum absolute atomic E-state index is 13.5. The number of thioether (sulfide) groups is 1. The molecule has 35 heavy (non-hydrogen) atoms. The first-order valence-electron chi connectivity index (χ1n) is 11.6. The van der Waals surface area contributed by atoms with E-state index in [2.05, 4.69) is 15.2 Å². The number of nitrogens with zero attached hydrogens (tertiary/aromatic N) is 3. The average Bonchev–Trinajstić information content (AvgIpc) is 3.24. The van der Waals surface area contributed by atoms with Crippen molar-refractivity contribution in [1.82, 2.24) is 15.2 Å². The minimum absolute atomic E-state index is 0.157. The smallest absolute Gasteiger partial charge is 0.255 e. The third-order valence-corrected chi connectivity index (χ3v) is 7.80. The van der Waals surface area contributed by atoms with Gasteiger partial charge in [-0.2, -0.15) is 16.7 Å². The highest BCUT2D eigenvalue weighted by molar-refractivity contribution is 7.99. The molecule has 0 bridgehead atoms. The Morgan fingerprint density at radius 2 is 1.97 bits per heavy atom. The number of benzene rings is 1. The summed E-state index contributed by atoms with van der Waals surface area (Å²) in [6.07, 6.45) is 1.20. The third kappa shape index (κ3) is 5.62. The van der Waals surface area contributed by atoms with Crippen LogP contribution in [0.15, 0.2) is 34.7 Å². The zero-order chi connectivity index (χ0) is 24.9. The van der Waals surface area contributed by atoms with E-state index in [0.717, 1.165) is 31.1 Å². The van der Waals surface area contributed by atoms with Crippen LogP contribution in [0.1, 0.15) is 29.3 Å². The summed E-state index contributed by atoms with van der Waals surface area (Å²) in [5, 5.41) is 3.10. The van der Waals surface area contributed by atoms with Gasteiger partial charge in [0.1, 0.15) is 17.4 Å². The van der Waals surface area contributed by atoms with Gasteiger partial charge in [-0.3, -0.25) is 9.10 Å². The number of anilines is 1. The average molecular weight is 521 g/mol. The summed E-state index contributed by atoms with van der Waals surface area (Å²) in [7, 11) is -1.41. The van der Waals surface area contributed by atoms with Crippen molar-refractivity contribution in [3.63, 3.8) is 0 Å². The van der Waals surface area contributed by atoms with E-state index in [1.165, 1.54) is 35.6 Å². The van der Waals surface area contributed by atoms with Crippen LogP contribution in [0.4, 0.5) is 10.2 Å². The molecule has 0 saturated carbocycles. The summed E-state index contributed by atoms with van der Waals surface area (Å²) in [5.74, 6) is 1.99. The zero-order valence-electron chi connectivity index (χ0n) is 19.8. The van der Waals surface area contributed by atoms with Crippen molar-refractivity contribution in [2.45, 2.75) is 19.8 Å². The summed E-state index contributed by atoms with van der Waals surface area (Å²) in [6.45, 7) is 5.06. The molecule has 3 heterocycles. The standard InChI is InChI=1S/C24H29FN4O4S2/c1-3-16-15-19-20(23(30)26-2)21(17-5-7-18(25)8-6-17)33-24(19)27-22(16)29(35(31)32)10-4-9-28-11-13-34-14-12-28/h5-8,15,35H,3-4,9-14H2,1-2H3,(H,26,30). The van der Waals surface area contributed by atoms with Crippen molar-refractivity contribution in [3.05, 3.63) is 47.3 Å². The molecule has 0 radical (unpaired) electrons. The molecule has 2 aromatic heterocycles. The van der Waals surface area contributed by atoms with E-state index in [-0.39, 0.29) is 22.9 Å². The van der Waals surface area contributed by atoms with Crippen molar-refractivity contribution in [3.8, 4) is 11.3 Å². The minimum atomic E-state index is -2.92. The number of fused-ring (bicyclic) bond motifs is 1. The topological polar surface area (TPSA) is 95.8 Å². The van der Waals surface area contributed by atoms with Crippen molar-refractivity contribution < 1.29 is 22.0 Å². The summed E-state index contributed by atoms with van der Waals surface area (Å²) < 4.78 is 45.3. The fourth-order valence-electron chi connectivity index (χ4n) is 4.23. The third-order valence-electron chi connectivity index (χ3n) is 6.07. The Kier molecular flexibility index (Phi) is 8.30. The van der Waals surface area contributed by atoms with Crippen molar-refractivity contribution in [2.24, 2.45) is 0 Å². The monoisotopic (exact) mass is 520 g/mol. The van der Waals surface area contributed by atoms with Crippen LogP contribution in [0.25, 0.3) is 22.4 Å². The number of carbonyl (C=O) groups is 1. The largest absolute Gasteiger partial charge is 0.437 e. The lowest BCUT2D eigenvalue weighted by Gasteiger charge is -2.27. The lowest BCUT2D eigenvalue weighted by Crippen LogP contribution is -2.35. The second-order valence-corrected chi connectivity index (χ2v) is 10.4. The fraction of sp³-hybridized carbons (Fsp3) is 0.417. The highest BCUT2D eigenvalue weighted by Gasteiger charge is 2.25. The predicted molar refractivity (Wildman–Crippen MR) is 138 cm³/mol. The van der Waals surface area contributed by atoms with Crippen molar-refractivity contribution in [1.29, 1.82) is 0 Å². The number of amides is 1. The fourth-order valence-corrected chi connectivity index (χ4v) is 5.84. The van der Waals surface area contributed by atoms with Gasteiger partial charge >= 0.3 is 0 Å². The van der Waals surface area contributed by atoms with Gasteiger partial charge in [-0.1, -0.05) is 6.92 Å². The van der Waals surface area contributed by atoms with Gasteiger partial charge in [0.2, 0.25) is 16.6 Å². The lowest BCUT2D eigenvalue weighted by molar-refractivity contribution is 0.0964. The zero-order valence-corrected chi connectivity index (χ0v) is 21.5. The molecule has 3 aromatic rings. The number of aryl methyl sites for hydroxylation is 1. The van der Waals surface area contributed by atoms with E-state index < -0.39 is 16.7 Å². The number of rotatable bonds is 9. The Morgan fingerprint density at radius 1 is 1.26 bits per heavy atom. The van der Waals surface area contributed by atoms with Gasteiger partial charge in [-0.25, -0.2) is 12.8 Å². The molecule has 4 rings (SSSR count). The van der Waals surface area contributed by atoms with E-state index in [0.29, 0.717) is 41.7 Å². The number of hydrogen-bond donors (Lipinski definition) is 2. The maximum Gasteiger partial charge on any atom is 0.255 e. The Labute approximate surface area is 210 Å². The minimum Gasteiger partial charge on any atom is -0.437 e. The number of aromatic nitrogens is 1. The van der Waals surface area contributed by atoms with Crippen LogP contribution >= 0.6 is 11.8 Å². The molecule has 1 saturated heterocycles. The molecule has 1 amide bonds. The summed E-state index contributed by atoms with van der Waals surface area (Å²) in [4.78, 5) is 19.7. The number of hydrogen-bond acceptors (Lipinski definition) is 7. The van der Waals surface area contributed by atoms with E-state index in [4.69, 9.17) is 4.42 Å². The Bertz CT molecular complexity index is 1260. The lowest BCUT2D eigenvalue weighted by atomic mass is 10.0. The Hall–Kier alpha value is -2.63. The molecule has 1 N–H and O–H groups in total. The highest BCUT2D eigenvalue weighted by atomic mass is 32.2. The van der Waals surface area contributed by atoms with Gasteiger partial charge in [0.05, 0.1) is 10.9 Å². The second kappa shape index (κ2) is 11.4. The van der Waals surface area contributed by atoms with Crippen LogP contribution in [-0.2, 0) is 17.3 Å². The molecule has 1 aromatic carbocycles. The number of halogens is 1. The predicted octanol–water partition coefficient (Wildman–Crippen LogP) is 3.33. The SMILES string of the molecule is CCc1cc2c(C(=O)NC)c(-c3ccc(F)cc3)oc2nc1N(CCCN1CCSCC1)[SH](=O)=O. The van der Waals surface area contributed by atoms with E-state index >= 15 is 0 Å². The van der Waals surface area contributed by atoms with Crippen LogP contribution in [0.2, 0.25) is 0 Å². The van der Waals surface area contributed by atoms with E-state index in [1.807, 2.05) is 18.7 Å². The Morgan fingerprint density at radius 3 is 2.60 bits per heavy atom. The molecule has 8 nitrogen and oxygen atoms in total. The van der Waals surface area contributed by atoms with Gasteiger partial charge < -0.3 is 14.6 Å². The molecule has 1 aliphatic heterocycles. The van der Waals surface area contributed by atoms with Gasteiger partial charge in [0, 0.05) is 43.8 Å². The molecule has 0 spiro atoms. The number of nitrogens with one attached hydrogen (secondary N) is 1. The molecule has 0 unspecified atom stereocenters. The van der Waals surface area contributed by atoms with E-state index in [9.17, 15) is 17.6 Å². The van der Waals surface area contributed by atoms with Crippen LogP contribution < -0.4 is 9.62 Å². The summed E-state index contributed by atoms with van der Waals surface area (Å²) in [5.41, 5.74) is 1.66. The van der Waals surface area contributed by atoms with Crippen LogP contribution in [0.3, 0.4) is 0 Å². The van der Waals surface area contributed by atoms with Crippen molar-refractivity contribution >= 4 is 45.5 Å². The number of thiol groups is 1. The van der Waals surface area contributed by atoms with Gasteiger partial charge in [0.15, 0.2) is 0 Å². The molecule has 188 valence electrons. The van der Waals surface area contributed by atoms with E-state index in [1.54, 1.807) is 6.07 Å². The molecular weight excluding hydrogens is 491 g/mol. The molecule has 1 fully saturated rings. The first-order chi connectivity index (χ1) is 16.9. The van der Waals surface area contributed by atoms with Gasteiger partial charge in [-0.15, -0.1) is 0 Å². The maximum atomic E-state index is 13.5. The van der Waals surface area contributed by atoms with Crippen LogP contribution in [0.5, 0.6) is 0 Å². The molecule has 0 aliphatic carbocycles. The number of pyridine rings is 1.